The average molecular weight is 476 g/mol. The highest BCUT2D eigenvalue weighted by Gasteiger charge is 2.42. The highest BCUT2D eigenvalue weighted by Crippen LogP contribution is 2.40. The van der Waals surface area contributed by atoms with Gasteiger partial charge >= 0.3 is 17.6 Å². The zero-order chi connectivity index (χ0) is 23.1. The maximum atomic E-state index is 13.2. The second kappa shape index (κ2) is 8.43. The van der Waals surface area contributed by atoms with Crippen LogP contribution in [0.25, 0.3) is 10.9 Å². The maximum Gasteiger partial charge on any atom is 0.357 e. The Morgan fingerprint density at radius 2 is 1.81 bits per heavy atom. The van der Waals surface area contributed by atoms with Crippen LogP contribution in [0.2, 0.25) is 5.02 Å². The number of carbonyl (C=O) groups is 2. The van der Waals surface area contributed by atoms with Gasteiger partial charge in [0.05, 0.1) is 17.0 Å². The molecule has 11 heteroatoms. The van der Waals surface area contributed by atoms with Crippen LogP contribution >= 0.6 is 23.4 Å². The lowest BCUT2D eigenvalue weighted by atomic mass is 10.1. The van der Waals surface area contributed by atoms with Crippen LogP contribution in [0.15, 0.2) is 41.3 Å². The zero-order valence-electron chi connectivity index (χ0n) is 15.7. The predicted molar refractivity (Wildman–Crippen MR) is 108 cm³/mol. The predicted octanol–water partition coefficient (Wildman–Crippen LogP) is 5.57. The monoisotopic (exact) mass is 475 g/mol. The summed E-state index contributed by atoms with van der Waals surface area (Å²) in [6, 6.07) is 7.22. The number of carboxylic acids is 1. The van der Waals surface area contributed by atoms with E-state index < -0.39 is 30.0 Å². The number of phenols is 1. The van der Waals surface area contributed by atoms with Crippen LogP contribution in [0, 0.1) is 6.92 Å². The maximum absolute atomic E-state index is 13.2. The third kappa shape index (κ3) is 4.49. The van der Waals surface area contributed by atoms with Gasteiger partial charge in [-0.1, -0.05) is 11.6 Å². The first-order chi connectivity index (χ1) is 14.4. The Labute approximate surface area is 182 Å². The number of hydrogen-bond donors (Lipinski definition) is 2. The van der Waals surface area contributed by atoms with Crippen molar-refractivity contribution in [2.75, 3.05) is 0 Å². The number of aromatic nitrogens is 1. The quantitative estimate of drug-likeness (QED) is 0.360. The van der Waals surface area contributed by atoms with E-state index in [9.17, 15) is 37.4 Å². The minimum Gasteiger partial charge on any atom is -0.506 e. The Morgan fingerprint density at radius 3 is 2.35 bits per heavy atom. The number of benzene rings is 2. The highest BCUT2D eigenvalue weighted by molar-refractivity contribution is 8.00. The van der Waals surface area contributed by atoms with Crippen LogP contribution in [0.3, 0.4) is 0 Å². The number of nitrogens with zero attached hydrogens (tertiary/aromatic N) is 1. The van der Waals surface area contributed by atoms with Crippen molar-refractivity contribution in [1.82, 2.24) is 4.57 Å². The Balaban J connectivity index is 2.05. The topological polar surface area (TPSA) is 79.5 Å². The summed E-state index contributed by atoms with van der Waals surface area (Å²) in [4.78, 5) is 24.2. The van der Waals surface area contributed by atoms with Gasteiger partial charge in [0.15, 0.2) is 0 Å². The number of aliphatic carboxylic acids is 1. The summed E-state index contributed by atoms with van der Waals surface area (Å²) < 4.78 is 52.4. The third-order valence-electron chi connectivity index (χ3n) is 4.54. The van der Waals surface area contributed by atoms with Crippen molar-refractivity contribution in [1.29, 1.82) is 0 Å². The molecule has 0 aliphatic carbocycles. The molecule has 0 spiro atoms. The fourth-order valence-corrected chi connectivity index (χ4v) is 3.95. The van der Waals surface area contributed by atoms with Crippen LogP contribution in [0.1, 0.15) is 21.6 Å². The highest BCUT2D eigenvalue weighted by atomic mass is 35.5. The van der Waals surface area contributed by atoms with Gasteiger partial charge in [0, 0.05) is 21.5 Å². The van der Waals surface area contributed by atoms with E-state index in [1.165, 1.54) is 35.8 Å². The molecule has 5 nitrogen and oxygen atoms in total. The number of alkyl halides is 4. The fourth-order valence-electron chi connectivity index (χ4n) is 3.12. The number of carbonyl (C=O) groups excluding carboxylic acids is 1. The first-order valence-electron chi connectivity index (χ1n) is 8.66. The first-order valence-corrected chi connectivity index (χ1v) is 9.85. The summed E-state index contributed by atoms with van der Waals surface area (Å²) in [5.41, 5.74) is 0.901. The van der Waals surface area contributed by atoms with E-state index in [0.29, 0.717) is 16.6 Å². The van der Waals surface area contributed by atoms with Crippen molar-refractivity contribution < 1.29 is 37.4 Å². The first kappa shape index (κ1) is 23.0. The van der Waals surface area contributed by atoms with Gasteiger partial charge in [-0.3, -0.25) is 14.2 Å². The number of aromatic hydroxyl groups is 1. The Bertz CT molecular complexity index is 1180. The molecule has 2 N–H and O–H groups in total. The van der Waals surface area contributed by atoms with E-state index in [1.54, 1.807) is 0 Å². The average Bonchev–Trinajstić information content (AvgIpc) is 2.92. The van der Waals surface area contributed by atoms with E-state index in [-0.39, 0.29) is 38.5 Å². The van der Waals surface area contributed by atoms with Gasteiger partial charge < -0.3 is 10.2 Å². The fraction of sp³-hybridized carbons (Fsp3) is 0.200. The second-order valence-corrected chi connectivity index (χ2v) is 8.21. The van der Waals surface area contributed by atoms with Crippen molar-refractivity contribution >= 4 is 46.1 Å². The lowest BCUT2D eigenvalue weighted by molar-refractivity contribution is -0.136. The van der Waals surface area contributed by atoms with E-state index in [2.05, 4.69) is 0 Å². The largest absolute Gasteiger partial charge is 0.506 e. The summed E-state index contributed by atoms with van der Waals surface area (Å²) in [5, 5.41) is 15.1. The molecule has 0 aliphatic rings. The summed E-state index contributed by atoms with van der Waals surface area (Å²) in [6.07, 6.45) is -4.26. The molecule has 1 heterocycles. The summed E-state index contributed by atoms with van der Waals surface area (Å²) in [6.45, 7) is 1.52. The molecule has 0 radical (unpaired) electrons. The number of thioether (sulfide) groups is 1. The van der Waals surface area contributed by atoms with Crippen LogP contribution in [0.4, 0.5) is 17.6 Å². The Morgan fingerprint density at radius 1 is 1.19 bits per heavy atom. The van der Waals surface area contributed by atoms with Gasteiger partial charge in [-0.25, -0.2) is 8.78 Å². The molecule has 0 fully saturated rings. The zero-order valence-corrected chi connectivity index (χ0v) is 17.3. The SMILES string of the molecule is Cc1c(CC(=O)O)c2cc(O)c(Cl)cc2n1C(=O)c1ccc(SC(F)(F)C(F)F)cc1. The standard InChI is InChI=1S/C20H14ClF4NO4S/c1-9-12(7-17(28)29)13-6-16(27)14(21)8-15(13)26(9)18(30)10-2-4-11(5-3-10)31-20(24,25)19(22)23/h2-6,8,19,27H,7H2,1H3,(H,28,29). The molecule has 2 aromatic carbocycles. The molecule has 0 aliphatic heterocycles. The molecule has 31 heavy (non-hydrogen) atoms. The number of carboxylic acid groups (broad SMARTS) is 1. The van der Waals surface area contributed by atoms with Gasteiger partial charge in [-0.2, -0.15) is 8.78 Å². The second-order valence-electron chi connectivity index (χ2n) is 6.58. The van der Waals surface area contributed by atoms with Crippen molar-refractivity contribution in [3.63, 3.8) is 0 Å². The van der Waals surface area contributed by atoms with Gasteiger partial charge in [0.1, 0.15) is 5.75 Å². The van der Waals surface area contributed by atoms with Gasteiger partial charge in [0.25, 0.3) is 5.91 Å². The van der Waals surface area contributed by atoms with E-state index in [4.69, 9.17) is 11.6 Å². The van der Waals surface area contributed by atoms with Gasteiger partial charge in [-0.05, 0) is 60.6 Å². The molecule has 0 saturated carbocycles. The van der Waals surface area contributed by atoms with Crippen LogP contribution in [-0.4, -0.2) is 38.3 Å². The van der Waals surface area contributed by atoms with Crippen molar-refractivity contribution in [3.05, 3.63) is 58.2 Å². The summed E-state index contributed by atoms with van der Waals surface area (Å²) >= 11 is 5.64. The Kier molecular flexibility index (Phi) is 6.24. The molecule has 1 aromatic heterocycles. The van der Waals surface area contributed by atoms with Gasteiger partial charge in [-0.15, -0.1) is 0 Å². The number of halogens is 5. The normalized spacial score (nSPS) is 12.0. The molecule has 3 aromatic rings. The van der Waals surface area contributed by atoms with Crippen molar-refractivity contribution in [2.24, 2.45) is 0 Å². The molecule has 0 amide bonds. The minimum absolute atomic E-state index is 0.0517. The number of fused-ring (bicyclic) bond motifs is 1. The van der Waals surface area contributed by atoms with E-state index >= 15 is 0 Å². The smallest absolute Gasteiger partial charge is 0.357 e. The third-order valence-corrected chi connectivity index (χ3v) is 5.80. The van der Waals surface area contributed by atoms with Crippen LogP contribution in [0.5, 0.6) is 5.75 Å². The summed E-state index contributed by atoms with van der Waals surface area (Å²) in [5.74, 6) is -2.05. The van der Waals surface area contributed by atoms with Crippen molar-refractivity contribution in [2.45, 2.75) is 29.9 Å². The summed E-state index contributed by atoms with van der Waals surface area (Å²) in [7, 11) is 0. The number of rotatable bonds is 6. The molecule has 164 valence electrons. The van der Waals surface area contributed by atoms with Crippen LogP contribution in [-0.2, 0) is 11.2 Å². The van der Waals surface area contributed by atoms with Crippen molar-refractivity contribution in [3.8, 4) is 5.75 Å². The molecular formula is C20H14ClF4NO4S. The van der Waals surface area contributed by atoms with Crippen LogP contribution < -0.4 is 0 Å². The number of phenolic OH excluding ortho intramolecular Hbond substituents is 1. The van der Waals surface area contributed by atoms with E-state index in [1.807, 2.05) is 0 Å². The number of hydrogen-bond acceptors (Lipinski definition) is 4. The lowest BCUT2D eigenvalue weighted by Gasteiger charge is -2.14. The lowest BCUT2D eigenvalue weighted by Crippen LogP contribution is -2.21. The molecule has 0 bridgehead atoms. The van der Waals surface area contributed by atoms with E-state index in [0.717, 1.165) is 12.1 Å². The molecule has 0 atom stereocenters. The molecular weight excluding hydrogens is 462 g/mol. The molecule has 3 rings (SSSR count). The van der Waals surface area contributed by atoms with Gasteiger partial charge in [0.2, 0.25) is 0 Å². The minimum atomic E-state index is -4.27. The molecule has 0 saturated heterocycles. The molecule has 0 unspecified atom stereocenters. The Hall–Kier alpha value is -2.72.